The van der Waals surface area contributed by atoms with Crippen molar-refractivity contribution in [1.29, 1.82) is 0 Å². The predicted molar refractivity (Wildman–Crippen MR) is 200 cm³/mol. The summed E-state index contributed by atoms with van der Waals surface area (Å²) >= 11 is 0. The van der Waals surface area contributed by atoms with Crippen LogP contribution >= 0.6 is 0 Å². The Balaban J connectivity index is 0.000000201. The topological polar surface area (TPSA) is 43.2 Å². The van der Waals surface area contributed by atoms with Crippen LogP contribution in [0.3, 0.4) is 0 Å². The molecule has 7 nitrogen and oxygen atoms in total. The van der Waals surface area contributed by atoms with Crippen molar-refractivity contribution in [2.24, 2.45) is 0 Å². The molecular weight excluding hydrogens is 833 g/mol. The first-order valence-electron chi connectivity index (χ1n) is 17.2. The monoisotopic (exact) mass is 877 g/mol. The second-order valence-corrected chi connectivity index (χ2v) is 14.7. The van der Waals surface area contributed by atoms with Crippen molar-refractivity contribution in [3.05, 3.63) is 152 Å². The number of unbranched alkanes of at least 4 members (excludes halogenated alkanes) is 1. The minimum Gasteiger partial charge on any atom is -0.508 e. The summed E-state index contributed by atoms with van der Waals surface area (Å²) in [5.41, 5.74) is 6.76. The van der Waals surface area contributed by atoms with E-state index in [1.54, 1.807) is 12.1 Å². The fourth-order valence-corrected chi connectivity index (χ4v) is 5.99. The van der Waals surface area contributed by atoms with E-state index in [1.807, 2.05) is 84.6 Å². The summed E-state index contributed by atoms with van der Waals surface area (Å²) in [5.74, 6) is -0.570. The van der Waals surface area contributed by atoms with E-state index in [9.17, 15) is 8.78 Å². The van der Waals surface area contributed by atoms with E-state index in [4.69, 9.17) is 4.98 Å². The Morgan fingerprint density at radius 2 is 1.29 bits per heavy atom. The third kappa shape index (κ3) is 9.27. The molecule has 2 aliphatic rings. The molecular formula is C42H44F2IrN7-5. The first kappa shape index (κ1) is 38.7. The molecule has 0 saturated heterocycles. The number of rotatable bonds is 8. The van der Waals surface area contributed by atoms with Crippen LogP contribution in [0.15, 0.2) is 97.9 Å². The molecule has 7 rings (SSSR count). The summed E-state index contributed by atoms with van der Waals surface area (Å²) in [7, 11) is 0. The van der Waals surface area contributed by atoms with Gasteiger partial charge in [0.15, 0.2) is 0 Å². The quantitative estimate of drug-likeness (QED) is 0.115. The van der Waals surface area contributed by atoms with Gasteiger partial charge in [-0.2, -0.15) is 25.5 Å². The molecule has 0 unspecified atom stereocenters. The summed E-state index contributed by atoms with van der Waals surface area (Å²) in [4.78, 5) is 17.7. The molecule has 0 atom stereocenters. The van der Waals surface area contributed by atoms with Crippen LogP contribution in [-0.4, -0.2) is 37.3 Å². The third-order valence-corrected chi connectivity index (χ3v) is 8.47. The summed E-state index contributed by atoms with van der Waals surface area (Å²) in [6.45, 7) is 19.1. The Morgan fingerprint density at radius 3 is 1.75 bits per heavy atom. The molecule has 0 spiro atoms. The third-order valence-electron chi connectivity index (χ3n) is 8.47. The number of nitrogens with zero attached hydrogens (tertiary/aromatic N) is 7. The molecule has 0 saturated carbocycles. The summed E-state index contributed by atoms with van der Waals surface area (Å²) < 4.78 is 28.2. The summed E-state index contributed by atoms with van der Waals surface area (Å²) in [6, 6.07) is 26.0. The standard InChI is InChI=1S/C22H20F2N4.C20H24N3.Ir/c23-19-3-7-21(8-4-19)27-15-13-25(17-27)11-1-2-12-26-14-16-28(18-26)22-9-5-20(24)6-10-22;1-19(2,3)16-17(20(4,5)6)23-13-12-21-15(18(23)22-16)14-10-8-7-9-11-14;/h3-7,9,13-18H,1-2,11-12H2;7-10,12-13H,1-6H3;/q-4;-1;. The number of fused-ring (bicyclic) bond motifs is 1. The second kappa shape index (κ2) is 16.4. The van der Waals surface area contributed by atoms with Crippen LogP contribution < -0.4 is 9.80 Å². The number of anilines is 2. The van der Waals surface area contributed by atoms with Gasteiger partial charge in [0.05, 0.1) is 11.4 Å². The van der Waals surface area contributed by atoms with Crippen molar-refractivity contribution in [2.75, 3.05) is 22.9 Å². The van der Waals surface area contributed by atoms with Crippen molar-refractivity contribution in [2.45, 2.75) is 65.2 Å². The number of aromatic nitrogens is 3. The van der Waals surface area contributed by atoms with Crippen LogP contribution in [0, 0.1) is 43.2 Å². The Bertz CT molecular complexity index is 1890. The zero-order chi connectivity index (χ0) is 36.2. The molecule has 1 radical (unpaired) electrons. The van der Waals surface area contributed by atoms with E-state index in [0.717, 1.165) is 59.9 Å². The Hall–Kier alpha value is -4.53. The van der Waals surface area contributed by atoms with Gasteiger partial charge in [-0.3, -0.25) is 13.8 Å². The number of halogens is 2. The van der Waals surface area contributed by atoms with Crippen molar-refractivity contribution in [3.63, 3.8) is 0 Å². The molecule has 5 aromatic rings. The predicted octanol–water partition coefficient (Wildman–Crippen LogP) is 9.26. The molecule has 3 aromatic carbocycles. The van der Waals surface area contributed by atoms with E-state index in [1.165, 1.54) is 30.0 Å². The van der Waals surface area contributed by atoms with Crippen molar-refractivity contribution >= 4 is 17.0 Å². The largest absolute Gasteiger partial charge is 0.508 e. The van der Waals surface area contributed by atoms with Gasteiger partial charge < -0.3 is 24.0 Å². The number of benzene rings is 3. The smallest absolute Gasteiger partial charge is 0.120 e. The molecule has 4 heterocycles. The van der Waals surface area contributed by atoms with Gasteiger partial charge in [-0.15, -0.1) is 83.7 Å². The molecule has 10 heteroatoms. The van der Waals surface area contributed by atoms with E-state index < -0.39 is 0 Å². The zero-order valence-electron chi connectivity index (χ0n) is 30.4. The molecule has 0 bridgehead atoms. The number of hydrogen-bond donors (Lipinski definition) is 0. The van der Waals surface area contributed by atoms with Gasteiger partial charge >= 0.3 is 0 Å². The summed E-state index contributed by atoms with van der Waals surface area (Å²) in [5, 5.41) is 0. The maximum atomic E-state index is 13.0. The number of imidazole rings is 1. The molecule has 275 valence electrons. The van der Waals surface area contributed by atoms with Crippen molar-refractivity contribution in [1.82, 2.24) is 24.2 Å². The maximum absolute atomic E-state index is 13.0. The minimum atomic E-state index is -0.285. The van der Waals surface area contributed by atoms with Crippen LogP contribution in [0.5, 0.6) is 0 Å². The van der Waals surface area contributed by atoms with Crippen LogP contribution in [-0.2, 0) is 30.9 Å². The van der Waals surface area contributed by atoms with E-state index in [2.05, 4.69) is 78.9 Å². The van der Waals surface area contributed by atoms with Gasteiger partial charge in [0.25, 0.3) is 0 Å². The first-order chi connectivity index (χ1) is 24.4. The Morgan fingerprint density at radius 1 is 0.712 bits per heavy atom. The van der Waals surface area contributed by atoms with E-state index in [0.29, 0.717) is 0 Å². The van der Waals surface area contributed by atoms with E-state index >= 15 is 0 Å². The van der Waals surface area contributed by atoms with E-state index in [-0.39, 0.29) is 42.6 Å². The van der Waals surface area contributed by atoms with Crippen molar-refractivity contribution in [3.8, 4) is 11.3 Å². The normalized spacial score (nSPS) is 14.2. The molecule has 2 aromatic heterocycles. The zero-order valence-corrected chi connectivity index (χ0v) is 32.8. The fourth-order valence-electron chi connectivity index (χ4n) is 5.99. The summed E-state index contributed by atoms with van der Waals surface area (Å²) in [6.07, 6.45) is 13.8. The average molecular weight is 877 g/mol. The van der Waals surface area contributed by atoms with Crippen LogP contribution in [0.4, 0.5) is 20.2 Å². The molecule has 52 heavy (non-hydrogen) atoms. The number of hydrogen-bond acceptors (Lipinski definition) is 6. The van der Waals surface area contributed by atoms with Gasteiger partial charge in [0.2, 0.25) is 0 Å². The average Bonchev–Trinajstić information content (AvgIpc) is 3.87. The maximum Gasteiger partial charge on any atom is 0.120 e. The molecule has 0 aliphatic carbocycles. The van der Waals surface area contributed by atoms with Gasteiger partial charge in [-0.25, -0.2) is 4.98 Å². The fraction of sp³-hybridized carbons (Fsp3) is 0.286. The van der Waals surface area contributed by atoms with Gasteiger partial charge in [-0.1, -0.05) is 41.5 Å². The molecule has 0 N–H and O–H groups in total. The van der Waals surface area contributed by atoms with Gasteiger partial charge in [0, 0.05) is 60.7 Å². The van der Waals surface area contributed by atoms with Crippen LogP contribution in [0.1, 0.15) is 65.8 Å². The molecule has 2 aliphatic heterocycles. The SMILES string of the molecule is CC(C)(C)c1nc2c(-c3[c-]cccc3)nccn2c1C(C)(C)C.Fc1c[c-]c(N2C=CN(CCCCN3C=CN(c4[c-]cc(F)cc4)[CH-]3)[CH-]2)cc1.[Ir]. The van der Waals surface area contributed by atoms with Crippen LogP contribution in [0.2, 0.25) is 0 Å². The minimum absolute atomic E-state index is 0. The molecule has 0 amide bonds. The first-order valence-corrected chi connectivity index (χ1v) is 17.2. The second-order valence-electron chi connectivity index (χ2n) is 14.7. The Kier molecular flexibility index (Phi) is 12.2. The van der Waals surface area contributed by atoms with Gasteiger partial charge in [0.1, 0.15) is 5.65 Å². The van der Waals surface area contributed by atoms with Crippen molar-refractivity contribution < 1.29 is 28.9 Å². The van der Waals surface area contributed by atoms with Gasteiger partial charge in [-0.05, 0) is 50.7 Å². The Labute approximate surface area is 320 Å². The molecule has 0 fully saturated rings. The van der Waals surface area contributed by atoms with Crippen LogP contribution in [0.25, 0.3) is 16.9 Å².